The van der Waals surface area contributed by atoms with Crippen LogP contribution in [0, 0.1) is 6.92 Å². The van der Waals surface area contributed by atoms with Gasteiger partial charge >= 0.3 is 5.97 Å². The van der Waals surface area contributed by atoms with Gasteiger partial charge in [0.2, 0.25) is 0 Å². The number of aliphatic carboxylic acids is 1. The average molecular weight is 392 g/mol. The largest absolute Gasteiger partial charge is 0.482 e. The number of nitrogens with one attached hydrogen (secondary N) is 2. The zero-order valence-electron chi connectivity index (χ0n) is 14.2. The number of carboxylic acid groups (broad SMARTS) is 1. The Kier molecular flexibility index (Phi) is 6.94. The Morgan fingerprint density at radius 1 is 1.31 bits per heavy atom. The molecule has 0 spiro atoms. The Hall–Kier alpha value is -2.64. The Labute approximate surface area is 161 Å². The molecule has 0 saturated heterocycles. The van der Waals surface area contributed by atoms with Crippen LogP contribution in [0.15, 0.2) is 47.6 Å². The van der Waals surface area contributed by atoms with Crippen LogP contribution in [-0.4, -0.2) is 28.5 Å². The molecule has 0 unspecified atom stereocenters. The Balaban J connectivity index is 2.01. The second kappa shape index (κ2) is 9.17. The third kappa shape index (κ3) is 5.72. The molecule has 0 aliphatic carbocycles. The van der Waals surface area contributed by atoms with E-state index >= 15 is 0 Å². The predicted molar refractivity (Wildman–Crippen MR) is 107 cm³/mol. The Morgan fingerprint density at radius 2 is 2.04 bits per heavy atom. The first-order chi connectivity index (χ1) is 12.4. The summed E-state index contributed by atoms with van der Waals surface area (Å²) in [6.07, 6.45) is 0. The number of halogens is 1. The first-order valence-electron chi connectivity index (χ1n) is 7.68. The van der Waals surface area contributed by atoms with Crippen molar-refractivity contribution in [2.75, 3.05) is 11.9 Å². The molecule has 0 saturated carbocycles. The number of ether oxygens (including phenoxy) is 1. The molecule has 2 aromatic rings. The summed E-state index contributed by atoms with van der Waals surface area (Å²) in [5, 5.41) is 16.9. The van der Waals surface area contributed by atoms with Gasteiger partial charge in [-0.3, -0.25) is 5.43 Å². The lowest BCUT2D eigenvalue weighted by molar-refractivity contribution is -0.139. The van der Waals surface area contributed by atoms with E-state index in [2.05, 4.69) is 15.8 Å². The number of benzene rings is 2. The fourth-order valence-electron chi connectivity index (χ4n) is 2.05. The highest BCUT2D eigenvalue weighted by molar-refractivity contribution is 7.80. The highest BCUT2D eigenvalue weighted by Gasteiger charge is 2.05. The molecule has 0 heterocycles. The maximum absolute atomic E-state index is 10.6. The van der Waals surface area contributed by atoms with E-state index in [9.17, 15) is 4.79 Å². The van der Waals surface area contributed by atoms with E-state index in [-0.39, 0.29) is 0 Å². The fourth-order valence-corrected chi connectivity index (χ4v) is 2.38. The van der Waals surface area contributed by atoms with Crippen molar-refractivity contribution in [3.8, 4) is 5.75 Å². The van der Waals surface area contributed by atoms with Gasteiger partial charge in [-0.2, -0.15) is 5.10 Å². The zero-order chi connectivity index (χ0) is 19.1. The lowest BCUT2D eigenvalue weighted by Gasteiger charge is -2.11. The molecule has 0 aliphatic heterocycles. The topological polar surface area (TPSA) is 83.0 Å². The molecule has 26 heavy (non-hydrogen) atoms. The van der Waals surface area contributed by atoms with Crippen LogP contribution in [0.4, 0.5) is 5.69 Å². The summed E-state index contributed by atoms with van der Waals surface area (Å²) in [7, 11) is 0. The summed E-state index contributed by atoms with van der Waals surface area (Å²) in [5.41, 5.74) is 5.91. The molecule has 8 heteroatoms. The Bertz CT molecular complexity index is 855. The maximum atomic E-state index is 10.6. The van der Waals surface area contributed by atoms with Crippen LogP contribution >= 0.6 is 23.8 Å². The van der Waals surface area contributed by atoms with Crippen molar-refractivity contribution in [2.45, 2.75) is 13.8 Å². The van der Waals surface area contributed by atoms with Gasteiger partial charge in [0.15, 0.2) is 11.7 Å². The van der Waals surface area contributed by atoms with Gasteiger partial charge in [0.05, 0.1) is 5.71 Å². The molecule has 2 rings (SSSR count). The van der Waals surface area contributed by atoms with E-state index in [0.29, 0.717) is 21.6 Å². The number of hydrogen-bond donors (Lipinski definition) is 3. The van der Waals surface area contributed by atoms with Crippen molar-refractivity contribution >= 4 is 46.3 Å². The molecule has 136 valence electrons. The first kappa shape index (κ1) is 19.7. The van der Waals surface area contributed by atoms with E-state index < -0.39 is 12.6 Å². The molecule has 0 fully saturated rings. The molecule has 0 amide bonds. The normalized spacial score (nSPS) is 11.0. The smallest absolute Gasteiger partial charge is 0.341 e. The standard InChI is InChI=1S/C18H18ClN3O3S/c1-11-15(19)7-4-8-16(11)20-18(26)22-21-12(2)13-5-3-6-14(9-13)25-10-17(23)24/h3-9H,10H2,1-2H3,(H,23,24)(H2,20,22,26)/b21-12-. The SMILES string of the molecule is C/C(=N/NC(=S)Nc1cccc(Cl)c1C)c1cccc(OCC(=O)O)c1. The van der Waals surface area contributed by atoms with Crippen molar-refractivity contribution in [2.24, 2.45) is 5.10 Å². The molecular weight excluding hydrogens is 374 g/mol. The molecule has 6 nitrogen and oxygen atoms in total. The second-order valence-corrected chi connectivity index (χ2v) is 6.20. The van der Waals surface area contributed by atoms with E-state index in [1.54, 1.807) is 31.2 Å². The number of hydrogen-bond acceptors (Lipinski definition) is 4. The lowest BCUT2D eigenvalue weighted by atomic mass is 10.1. The summed E-state index contributed by atoms with van der Waals surface area (Å²) in [4.78, 5) is 10.6. The van der Waals surface area contributed by atoms with E-state index in [1.807, 2.05) is 25.1 Å². The minimum absolute atomic E-state index is 0.327. The molecular formula is C18H18ClN3O3S. The van der Waals surface area contributed by atoms with E-state index in [1.165, 1.54) is 0 Å². The third-order valence-corrected chi connectivity index (χ3v) is 4.06. The van der Waals surface area contributed by atoms with Crippen molar-refractivity contribution in [3.05, 3.63) is 58.6 Å². The number of hydrazone groups is 1. The van der Waals surface area contributed by atoms with Gasteiger partial charge < -0.3 is 15.2 Å². The van der Waals surface area contributed by atoms with Gasteiger partial charge in [-0.25, -0.2) is 4.79 Å². The molecule has 2 aromatic carbocycles. The van der Waals surface area contributed by atoms with Crippen LogP contribution in [0.1, 0.15) is 18.1 Å². The molecule has 0 bridgehead atoms. The number of carbonyl (C=O) groups is 1. The Morgan fingerprint density at radius 3 is 2.77 bits per heavy atom. The molecule has 0 aromatic heterocycles. The summed E-state index contributed by atoms with van der Waals surface area (Å²) in [6.45, 7) is 3.30. The number of carboxylic acids is 1. The van der Waals surface area contributed by atoms with Crippen molar-refractivity contribution in [3.63, 3.8) is 0 Å². The van der Waals surface area contributed by atoms with E-state index in [0.717, 1.165) is 16.8 Å². The predicted octanol–water partition coefficient (Wildman–Crippen LogP) is 3.82. The highest BCUT2D eigenvalue weighted by atomic mass is 35.5. The van der Waals surface area contributed by atoms with Gasteiger partial charge in [0.1, 0.15) is 5.75 Å². The number of anilines is 1. The minimum Gasteiger partial charge on any atom is -0.482 e. The van der Waals surface area contributed by atoms with Crippen molar-refractivity contribution in [1.29, 1.82) is 0 Å². The molecule has 0 radical (unpaired) electrons. The minimum atomic E-state index is -1.03. The highest BCUT2D eigenvalue weighted by Crippen LogP contribution is 2.22. The average Bonchev–Trinajstić information content (AvgIpc) is 2.62. The number of nitrogens with zero attached hydrogens (tertiary/aromatic N) is 1. The quantitative estimate of drug-likeness (QED) is 0.394. The monoisotopic (exact) mass is 391 g/mol. The third-order valence-electron chi connectivity index (χ3n) is 3.46. The number of rotatable bonds is 6. The van der Waals surface area contributed by atoms with Crippen LogP contribution in [0.5, 0.6) is 5.75 Å². The van der Waals surface area contributed by atoms with Gasteiger partial charge in [0, 0.05) is 16.3 Å². The van der Waals surface area contributed by atoms with Crippen LogP contribution < -0.4 is 15.5 Å². The molecule has 0 atom stereocenters. The van der Waals surface area contributed by atoms with Gasteiger partial charge in [-0.15, -0.1) is 0 Å². The lowest BCUT2D eigenvalue weighted by Crippen LogP contribution is -2.25. The van der Waals surface area contributed by atoms with Crippen LogP contribution in [0.3, 0.4) is 0 Å². The summed E-state index contributed by atoms with van der Waals surface area (Å²) in [6, 6.07) is 12.5. The number of thiocarbonyl (C=S) groups is 1. The van der Waals surface area contributed by atoms with Crippen molar-refractivity contribution in [1.82, 2.24) is 5.43 Å². The maximum Gasteiger partial charge on any atom is 0.341 e. The summed E-state index contributed by atoms with van der Waals surface area (Å²) >= 11 is 11.3. The van der Waals surface area contributed by atoms with Crippen LogP contribution in [-0.2, 0) is 4.79 Å². The van der Waals surface area contributed by atoms with Crippen LogP contribution in [0.2, 0.25) is 5.02 Å². The zero-order valence-corrected chi connectivity index (χ0v) is 15.8. The van der Waals surface area contributed by atoms with Gasteiger partial charge in [-0.1, -0.05) is 29.8 Å². The fraction of sp³-hybridized carbons (Fsp3) is 0.167. The van der Waals surface area contributed by atoms with Crippen molar-refractivity contribution < 1.29 is 14.6 Å². The van der Waals surface area contributed by atoms with Gasteiger partial charge in [-0.05, 0) is 55.9 Å². The molecule has 0 aliphatic rings. The first-order valence-corrected chi connectivity index (χ1v) is 8.47. The summed E-state index contributed by atoms with van der Waals surface area (Å²) < 4.78 is 5.16. The van der Waals surface area contributed by atoms with Crippen LogP contribution in [0.25, 0.3) is 0 Å². The second-order valence-electron chi connectivity index (χ2n) is 5.39. The van der Waals surface area contributed by atoms with Gasteiger partial charge in [0.25, 0.3) is 0 Å². The molecule has 3 N–H and O–H groups in total. The van der Waals surface area contributed by atoms with E-state index in [4.69, 9.17) is 33.7 Å². The summed E-state index contributed by atoms with van der Waals surface area (Å²) in [5.74, 6) is -0.579.